The molecule has 108 valence electrons. The Bertz CT molecular complexity index is 459. The van der Waals surface area contributed by atoms with Crippen LogP contribution in [0.5, 0.6) is 0 Å². The Morgan fingerprint density at radius 2 is 1.95 bits per heavy atom. The normalized spacial score (nSPS) is 21.4. The van der Waals surface area contributed by atoms with Crippen LogP contribution in [0.15, 0.2) is 30.3 Å². The van der Waals surface area contributed by atoms with E-state index in [2.05, 4.69) is 17.6 Å². The van der Waals surface area contributed by atoms with Gasteiger partial charge in [-0.1, -0.05) is 25.1 Å². The van der Waals surface area contributed by atoms with Crippen molar-refractivity contribution in [3.05, 3.63) is 35.9 Å². The van der Waals surface area contributed by atoms with Crippen molar-refractivity contribution in [2.75, 3.05) is 6.54 Å². The first-order valence-electron chi connectivity index (χ1n) is 7.28. The number of amides is 2. The predicted octanol–water partition coefficient (Wildman–Crippen LogP) is 2.11. The van der Waals surface area contributed by atoms with Crippen molar-refractivity contribution in [1.29, 1.82) is 0 Å². The van der Waals surface area contributed by atoms with Gasteiger partial charge in [-0.05, 0) is 37.3 Å². The predicted molar refractivity (Wildman–Crippen MR) is 78.3 cm³/mol. The van der Waals surface area contributed by atoms with Crippen LogP contribution in [-0.2, 0) is 4.79 Å². The molecule has 4 heteroatoms. The van der Waals surface area contributed by atoms with Crippen LogP contribution in [-0.4, -0.2) is 24.4 Å². The Balaban J connectivity index is 1.65. The summed E-state index contributed by atoms with van der Waals surface area (Å²) in [5.74, 6) is 0.600. The van der Waals surface area contributed by atoms with Crippen LogP contribution in [0.2, 0.25) is 0 Å². The van der Waals surface area contributed by atoms with Gasteiger partial charge in [-0.25, -0.2) is 0 Å². The number of rotatable bonds is 5. The molecular formula is C16H22N2O2. The van der Waals surface area contributed by atoms with E-state index in [0.717, 1.165) is 12.8 Å². The molecule has 1 aromatic rings. The zero-order valence-electron chi connectivity index (χ0n) is 11.9. The van der Waals surface area contributed by atoms with Gasteiger partial charge in [-0.3, -0.25) is 9.59 Å². The second-order valence-electron chi connectivity index (χ2n) is 5.55. The lowest BCUT2D eigenvalue weighted by atomic mass is 10.1. The highest BCUT2D eigenvalue weighted by molar-refractivity contribution is 5.94. The van der Waals surface area contributed by atoms with Crippen LogP contribution in [0, 0.1) is 5.92 Å². The molecule has 0 spiro atoms. The van der Waals surface area contributed by atoms with Crippen LogP contribution in [0.4, 0.5) is 0 Å². The van der Waals surface area contributed by atoms with Crippen molar-refractivity contribution in [2.24, 2.45) is 5.92 Å². The maximum Gasteiger partial charge on any atom is 0.251 e. The number of hydrogen-bond donors (Lipinski definition) is 2. The van der Waals surface area contributed by atoms with Gasteiger partial charge in [0.1, 0.15) is 0 Å². The molecule has 1 aromatic carbocycles. The Labute approximate surface area is 119 Å². The summed E-state index contributed by atoms with van der Waals surface area (Å²) in [5, 5.41) is 5.80. The van der Waals surface area contributed by atoms with E-state index in [1.807, 2.05) is 18.2 Å². The molecule has 1 saturated carbocycles. The summed E-state index contributed by atoms with van der Waals surface area (Å²) in [5.41, 5.74) is 0.623. The van der Waals surface area contributed by atoms with Gasteiger partial charge in [-0.2, -0.15) is 0 Å². The molecule has 4 nitrogen and oxygen atoms in total. The Hall–Kier alpha value is -1.84. The van der Waals surface area contributed by atoms with Crippen LogP contribution in [0.3, 0.4) is 0 Å². The molecule has 0 bridgehead atoms. The molecule has 0 aliphatic heterocycles. The second kappa shape index (κ2) is 7.08. The molecular weight excluding hydrogens is 252 g/mol. The van der Waals surface area contributed by atoms with Crippen LogP contribution in [0.1, 0.15) is 43.0 Å². The molecule has 0 radical (unpaired) electrons. The third kappa shape index (κ3) is 4.37. The van der Waals surface area contributed by atoms with E-state index in [9.17, 15) is 9.59 Å². The van der Waals surface area contributed by atoms with Crippen molar-refractivity contribution < 1.29 is 9.59 Å². The van der Waals surface area contributed by atoms with Crippen molar-refractivity contribution in [3.8, 4) is 0 Å². The lowest BCUT2D eigenvalue weighted by Gasteiger charge is -2.12. The van der Waals surface area contributed by atoms with Crippen molar-refractivity contribution in [1.82, 2.24) is 10.6 Å². The number of benzene rings is 1. The maximum absolute atomic E-state index is 11.8. The molecule has 1 aliphatic carbocycles. The van der Waals surface area contributed by atoms with E-state index in [-0.39, 0.29) is 11.8 Å². The molecule has 2 atom stereocenters. The van der Waals surface area contributed by atoms with Crippen molar-refractivity contribution >= 4 is 11.8 Å². The fourth-order valence-electron chi connectivity index (χ4n) is 2.62. The quantitative estimate of drug-likeness (QED) is 0.864. The van der Waals surface area contributed by atoms with Crippen LogP contribution in [0.25, 0.3) is 0 Å². The van der Waals surface area contributed by atoms with E-state index in [0.29, 0.717) is 30.5 Å². The van der Waals surface area contributed by atoms with Gasteiger partial charge in [-0.15, -0.1) is 0 Å². The van der Waals surface area contributed by atoms with Gasteiger partial charge in [0.2, 0.25) is 5.91 Å². The highest BCUT2D eigenvalue weighted by Gasteiger charge is 2.22. The average molecular weight is 274 g/mol. The number of carbonyl (C=O) groups is 2. The number of hydrogen-bond acceptors (Lipinski definition) is 2. The minimum Gasteiger partial charge on any atom is -0.353 e. The molecule has 0 aromatic heterocycles. The summed E-state index contributed by atoms with van der Waals surface area (Å²) >= 11 is 0. The van der Waals surface area contributed by atoms with Crippen molar-refractivity contribution in [3.63, 3.8) is 0 Å². The minimum atomic E-state index is -0.132. The molecule has 1 aliphatic rings. The second-order valence-corrected chi connectivity index (χ2v) is 5.55. The zero-order chi connectivity index (χ0) is 14.4. The molecule has 20 heavy (non-hydrogen) atoms. The van der Waals surface area contributed by atoms with E-state index in [1.54, 1.807) is 12.1 Å². The summed E-state index contributed by atoms with van der Waals surface area (Å²) in [6, 6.07) is 9.35. The van der Waals surface area contributed by atoms with Crippen LogP contribution >= 0.6 is 0 Å². The first kappa shape index (κ1) is 14.6. The van der Waals surface area contributed by atoms with Gasteiger partial charge < -0.3 is 10.6 Å². The number of carbonyl (C=O) groups excluding carboxylic acids is 2. The average Bonchev–Trinajstić information content (AvgIpc) is 2.85. The lowest BCUT2D eigenvalue weighted by Crippen LogP contribution is -2.35. The molecule has 1 fully saturated rings. The zero-order valence-corrected chi connectivity index (χ0v) is 11.9. The Morgan fingerprint density at radius 1 is 1.20 bits per heavy atom. The van der Waals surface area contributed by atoms with Gasteiger partial charge in [0.25, 0.3) is 5.91 Å². The maximum atomic E-state index is 11.8. The highest BCUT2D eigenvalue weighted by atomic mass is 16.2. The summed E-state index contributed by atoms with van der Waals surface area (Å²) < 4.78 is 0. The van der Waals surface area contributed by atoms with Gasteiger partial charge in [0, 0.05) is 24.6 Å². The minimum absolute atomic E-state index is 0.0254. The molecule has 2 unspecified atom stereocenters. The van der Waals surface area contributed by atoms with E-state index >= 15 is 0 Å². The summed E-state index contributed by atoms with van der Waals surface area (Å²) in [6.07, 6.45) is 3.67. The first-order valence-corrected chi connectivity index (χ1v) is 7.28. The molecule has 2 amide bonds. The first-order chi connectivity index (χ1) is 9.65. The van der Waals surface area contributed by atoms with Crippen LogP contribution < -0.4 is 10.6 Å². The van der Waals surface area contributed by atoms with E-state index in [1.165, 1.54) is 6.42 Å². The standard InChI is InChI=1S/C16H22N2O2/c1-12-7-8-14(11-12)18-15(19)9-10-17-16(20)13-5-3-2-4-6-13/h2-6,12,14H,7-11H2,1H3,(H,17,20)(H,18,19). The Morgan fingerprint density at radius 3 is 2.60 bits per heavy atom. The number of nitrogens with one attached hydrogen (secondary N) is 2. The third-order valence-electron chi connectivity index (χ3n) is 3.73. The van der Waals surface area contributed by atoms with Gasteiger partial charge >= 0.3 is 0 Å². The summed E-state index contributed by atoms with van der Waals surface area (Å²) in [6.45, 7) is 2.59. The monoisotopic (exact) mass is 274 g/mol. The molecule has 2 rings (SSSR count). The highest BCUT2D eigenvalue weighted by Crippen LogP contribution is 2.24. The van der Waals surface area contributed by atoms with Gasteiger partial charge in [0.15, 0.2) is 0 Å². The lowest BCUT2D eigenvalue weighted by molar-refractivity contribution is -0.121. The van der Waals surface area contributed by atoms with Gasteiger partial charge in [0.05, 0.1) is 0 Å². The molecule has 0 saturated heterocycles. The topological polar surface area (TPSA) is 58.2 Å². The Kier molecular flexibility index (Phi) is 5.16. The van der Waals surface area contributed by atoms with E-state index < -0.39 is 0 Å². The largest absolute Gasteiger partial charge is 0.353 e. The fraction of sp³-hybridized carbons (Fsp3) is 0.500. The smallest absolute Gasteiger partial charge is 0.251 e. The third-order valence-corrected chi connectivity index (χ3v) is 3.73. The van der Waals surface area contributed by atoms with E-state index in [4.69, 9.17) is 0 Å². The fourth-order valence-corrected chi connectivity index (χ4v) is 2.62. The van der Waals surface area contributed by atoms with Crippen molar-refractivity contribution in [2.45, 2.75) is 38.6 Å². The molecule has 2 N–H and O–H groups in total. The SMILES string of the molecule is CC1CCC(NC(=O)CCNC(=O)c2ccccc2)C1. The molecule has 0 heterocycles. The summed E-state index contributed by atoms with van der Waals surface area (Å²) in [7, 11) is 0. The summed E-state index contributed by atoms with van der Waals surface area (Å²) in [4.78, 5) is 23.5.